The van der Waals surface area contributed by atoms with Gasteiger partial charge in [0.25, 0.3) is 0 Å². The topological polar surface area (TPSA) is 50.7 Å². The molecule has 2 N–H and O–H groups in total. The van der Waals surface area contributed by atoms with E-state index in [1.54, 1.807) is 0 Å². The van der Waals surface area contributed by atoms with Gasteiger partial charge in [0.15, 0.2) is 0 Å². The number of aliphatic hydroxyl groups is 1. The van der Waals surface area contributed by atoms with Gasteiger partial charge in [0.1, 0.15) is 30.0 Å². The summed E-state index contributed by atoms with van der Waals surface area (Å²) in [6, 6.07) is 13.5. The molecule has 0 amide bonds. The van der Waals surface area contributed by atoms with Crippen LogP contribution in [0, 0.1) is 5.82 Å². The largest absolute Gasteiger partial charge is 0.494 e. The number of halogens is 1. The summed E-state index contributed by atoms with van der Waals surface area (Å²) in [5.74, 6) is 1.07. The fraction of sp³-hybridized carbons (Fsp3) is 0.333. The van der Waals surface area contributed by atoms with Crippen LogP contribution >= 0.6 is 0 Å². The highest BCUT2D eigenvalue weighted by molar-refractivity contribution is 5.28. The van der Waals surface area contributed by atoms with Crippen LogP contribution in [0.1, 0.15) is 12.5 Å². The van der Waals surface area contributed by atoms with Gasteiger partial charge >= 0.3 is 0 Å². The normalized spacial score (nSPS) is 12.0. The van der Waals surface area contributed by atoms with Gasteiger partial charge in [-0.3, -0.25) is 0 Å². The number of hydrogen-bond acceptors (Lipinski definition) is 4. The van der Waals surface area contributed by atoms with Crippen molar-refractivity contribution in [3.8, 4) is 11.5 Å². The number of hydrogen-bond donors (Lipinski definition) is 2. The van der Waals surface area contributed by atoms with E-state index in [0.29, 0.717) is 25.4 Å². The lowest BCUT2D eigenvalue weighted by molar-refractivity contribution is 0.106. The first-order valence-electron chi connectivity index (χ1n) is 7.66. The van der Waals surface area contributed by atoms with Crippen molar-refractivity contribution in [2.45, 2.75) is 19.6 Å². The molecular weight excluding hydrogens is 297 g/mol. The van der Waals surface area contributed by atoms with E-state index in [1.807, 2.05) is 31.2 Å². The van der Waals surface area contributed by atoms with Gasteiger partial charge in [-0.05, 0) is 48.9 Å². The summed E-state index contributed by atoms with van der Waals surface area (Å²) in [7, 11) is 0. The Morgan fingerprint density at radius 1 is 1.09 bits per heavy atom. The Kier molecular flexibility index (Phi) is 6.84. The Morgan fingerprint density at radius 3 is 2.61 bits per heavy atom. The van der Waals surface area contributed by atoms with Crippen molar-refractivity contribution in [1.29, 1.82) is 0 Å². The van der Waals surface area contributed by atoms with Crippen LogP contribution in [-0.2, 0) is 6.54 Å². The van der Waals surface area contributed by atoms with Crippen LogP contribution in [0.2, 0.25) is 0 Å². The lowest BCUT2D eigenvalue weighted by atomic mass is 10.2. The highest BCUT2D eigenvalue weighted by Crippen LogP contribution is 2.13. The van der Waals surface area contributed by atoms with E-state index in [4.69, 9.17) is 9.47 Å². The second-order valence-electron chi connectivity index (χ2n) is 5.13. The summed E-state index contributed by atoms with van der Waals surface area (Å²) in [6.07, 6.45) is -0.643. The van der Waals surface area contributed by atoms with Gasteiger partial charge in [-0.2, -0.15) is 0 Å². The molecule has 0 aliphatic heterocycles. The van der Waals surface area contributed by atoms with Crippen molar-refractivity contribution in [2.75, 3.05) is 19.8 Å². The Balaban J connectivity index is 1.69. The third kappa shape index (κ3) is 6.26. The molecular formula is C18H22FNO3. The van der Waals surface area contributed by atoms with Crippen molar-refractivity contribution in [3.63, 3.8) is 0 Å². The molecule has 0 bridgehead atoms. The van der Waals surface area contributed by atoms with Crippen molar-refractivity contribution < 1.29 is 19.0 Å². The fourth-order valence-corrected chi connectivity index (χ4v) is 2.08. The van der Waals surface area contributed by atoms with E-state index in [2.05, 4.69) is 5.32 Å². The first kappa shape index (κ1) is 17.2. The van der Waals surface area contributed by atoms with Crippen LogP contribution in [0.4, 0.5) is 4.39 Å². The Hall–Kier alpha value is -2.11. The highest BCUT2D eigenvalue weighted by atomic mass is 19.1. The molecule has 2 aromatic carbocycles. The Bertz CT molecular complexity index is 589. The smallest absolute Gasteiger partial charge is 0.123 e. The van der Waals surface area contributed by atoms with Gasteiger partial charge in [0.05, 0.1) is 6.61 Å². The maximum absolute atomic E-state index is 12.8. The van der Waals surface area contributed by atoms with Gasteiger partial charge < -0.3 is 19.9 Å². The molecule has 0 aromatic heterocycles. The number of rotatable bonds is 9. The molecule has 1 unspecified atom stereocenters. The summed E-state index contributed by atoms with van der Waals surface area (Å²) in [5.41, 5.74) is 1.09. The molecule has 5 heteroatoms. The minimum atomic E-state index is -0.643. The molecule has 1 atom stereocenters. The van der Waals surface area contributed by atoms with E-state index in [-0.39, 0.29) is 12.4 Å². The van der Waals surface area contributed by atoms with Crippen LogP contribution in [0.5, 0.6) is 11.5 Å². The molecule has 0 saturated heterocycles. The van der Waals surface area contributed by atoms with E-state index in [1.165, 1.54) is 24.3 Å². The van der Waals surface area contributed by atoms with Crippen LogP contribution in [-0.4, -0.2) is 31.0 Å². The van der Waals surface area contributed by atoms with Crippen LogP contribution < -0.4 is 14.8 Å². The first-order valence-corrected chi connectivity index (χ1v) is 7.66. The third-order valence-corrected chi connectivity index (χ3v) is 3.17. The molecule has 2 aromatic rings. The first-order chi connectivity index (χ1) is 11.2. The minimum absolute atomic E-state index is 0.150. The molecule has 0 saturated carbocycles. The van der Waals surface area contributed by atoms with Crippen LogP contribution in [0.3, 0.4) is 0 Å². The van der Waals surface area contributed by atoms with Gasteiger partial charge in [-0.15, -0.1) is 0 Å². The highest BCUT2D eigenvalue weighted by Gasteiger charge is 2.05. The number of aliphatic hydroxyl groups excluding tert-OH is 1. The van der Waals surface area contributed by atoms with E-state index in [0.717, 1.165) is 11.3 Å². The fourth-order valence-electron chi connectivity index (χ4n) is 2.08. The lowest BCUT2D eigenvalue weighted by Crippen LogP contribution is -2.31. The number of ether oxygens (including phenoxy) is 2. The molecule has 0 aliphatic rings. The van der Waals surface area contributed by atoms with Crippen molar-refractivity contribution in [1.82, 2.24) is 5.32 Å². The summed E-state index contributed by atoms with van der Waals surface area (Å²) < 4.78 is 23.6. The molecule has 0 heterocycles. The van der Waals surface area contributed by atoms with E-state index < -0.39 is 6.10 Å². The Morgan fingerprint density at radius 2 is 1.87 bits per heavy atom. The molecule has 0 aliphatic carbocycles. The van der Waals surface area contributed by atoms with Crippen LogP contribution in [0.25, 0.3) is 0 Å². The van der Waals surface area contributed by atoms with Crippen molar-refractivity contribution in [3.05, 3.63) is 59.9 Å². The quantitative estimate of drug-likeness (QED) is 0.746. The lowest BCUT2D eigenvalue weighted by Gasteiger charge is -2.13. The van der Waals surface area contributed by atoms with Gasteiger partial charge in [-0.25, -0.2) is 4.39 Å². The summed E-state index contributed by atoms with van der Waals surface area (Å²) in [4.78, 5) is 0. The van der Waals surface area contributed by atoms with Crippen molar-refractivity contribution in [2.24, 2.45) is 0 Å². The average molecular weight is 319 g/mol. The molecule has 0 spiro atoms. The number of benzene rings is 2. The van der Waals surface area contributed by atoms with Crippen molar-refractivity contribution >= 4 is 0 Å². The minimum Gasteiger partial charge on any atom is -0.494 e. The zero-order chi connectivity index (χ0) is 16.5. The monoisotopic (exact) mass is 319 g/mol. The SMILES string of the molecule is CCOc1cccc(CNCC(O)COc2ccc(F)cc2)c1. The summed E-state index contributed by atoms with van der Waals surface area (Å²) in [5, 5.41) is 13.1. The zero-order valence-corrected chi connectivity index (χ0v) is 13.2. The second-order valence-corrected chi connectivity index (χ2v) is 5.13. The van der Waals surface area contributed by atoms with Crippen LogP contribution in [0.15, 0.2) is 48.5 Å². The standard InChI is InChI=1S/C18H22FNO3/c1-2-22-18-5-3-4-14(10-18)11-20-12-16(21)13-23-17-8-6-15(19)7-9-17/h3-10,16,20-21H,2,11-13H2,1H3. The molecule has 0 radical (unpaired) electrons. The summed E-state index contributed by atoms with van der Waals surface area (Å²) >= 11 is 0. The Labute approximate surface area is 135 Å². The summed E-state index contributed by atoms with van der Waals surface area (Å²) in [6.45, 7) is 3.77. The van der Waals surface area contributed by atoms with Gasteiger partial charge in [-0.1, -0.05) is 12.1 Å². The number of nitrogens with one attached hydrogen (secondary N) is 1. The molecule has 23 heavy (non-hydrogen) atoms. The predicted octanol–water partition coefficient (Wildman–Crippen LogP) is 2.75. The second kappa shape index (κ2) is 9.12. The molecule has 124 valence electrons. The maximum atomic E-state index is 12.8. The average Bonchev–Trinajstić information content (AvgIpc) is 2.55. The van der Waals surface area contributed by atoms with E-state index in [9.17, 15) is 9.50 Å². The molecule has 0 fully saturated rings. The molecule has 4 nitrogen and oxygen atoms in total. The predicted molar refractivity (Wildman–Crippen MR) is 87.2 cm³/mol. The third-order valence-electron chi connectivity index (χ3n) is 3.17. The maximum Gasteiger partial charge on any atom is 0.123 e. The van der Waals surface area contributed by atoms with Gasteiger partial charge in [0, 0.05) is 13.1 Å². The van der Waals surface area contributed by atoms with E-state index >= 15 is 0 Å². The van der Waals surface area contributed by atoms with Gasteiger partial charge in [0.2, 0.25) is 0 Å². The molecule has 2 rings (SSSR count). The zero-order valence-electron chi connectivity index (χ0n) is 13.2.